The Bertz CT molecular complexity index is 932. The SMILES string of the molecule is CCOC(=O)c1ccc(OCC2c3cc(OC)c(OC)cc3CCN2C(=S)NC)cc1. The lowest BCUT2D eigenvalue weighted by molar-refractivity contribution is 0.0526. The molecule has 0 saturated carbocycles. The Labute approximate surface area is 188 Å². The fourth-order valence-corrected chi connectivity index (χ4v) is 3.89. The van der Waals surface area contributed by atoms with E-state index in [1.807, 2.05) is 19.2 Å². The molecule has 1 aliphatic heterocycles. The van der Waals surface area contributed by atoms with Gasteiger partial charge in [-0.2, -0.15) is 0 Å². The van der Waals surface area contributed by atoms with Gasteiger partial charge in [-0.1, -0.05) is 0 Å². The standard InChI is InChI=1S/C23H28N2O5S/c1-5-29-22(26)15-6-8-17(9-7-15)30-14-19-18-13-21(28-4)20(27-3)12-16(18)10-11-25(19)23(31)24-2/h6-9,12-13,19H,5,10-11,14H2,1-4H3,(H,24,31). The second kappa shape index (κ2) is 10.3. The summed E-state index contributed by atoms with van der Waals surface area (Å²) in [5.41, 5.74) is 2.76. The van der Waals surface area contributed by atoms with Gasteiger partial charge in [0.2, 0.25) is 0 Å². The van der Waals surface area contributed by atoms with Crippen molar-refractivity contribution in [3.63, 3.8) is 0 Å². The van der Waals surface area contributed by atoms with Crippen LogP contribution in [0.2, 0.25) is 0 Å². The minimum Gasteiger partial charge on any atom is -0.493 e. The molecule has 0 bridgehead atoms. The smallest absolute Gasteiger partial charge is 0.338 e. The number of ether oxygens (including phenoxy) is 4. The molecule has 1 N–H and O–H groups in total. The van der Waals surface area contributed by atoms with Crippen molar-refractivity contribution in [1.29, 1.82) is 0 Å². The molecule has 0 saturated heterocycles. The summed E-state index contributed by atoms with van der Waals surface area (Å²) >= 11 is 5.54. The number of rotatable bonds is 7. The van der Waals surface area contributed by atoms with Gasteiger partial charge >= 0.3 is 5.97 Å². The van der Waals surface area contributed by atoms with E-state index in [2.05, 4.69) is 10.2 Å². The molecular formula is C23H28N2O5S. The number of fused-ring (bicyclic) bond motifs is 1. The molecule has 8 heteroatoms. The Hall–Kier alpha value is -3.00. The Morgan fingerprint density at radius 1 is 1.16 bits per heavy atom. The molecule has 0 fully saturated rings. The first-order valence-electron chi connectivity index (χ1n) is 10.2. The maximum absolute atomic E-state index is 11.8. The van der Waals surface area contributed by atoms with Gasteiger partial charge in [-0.25, -0.2) is 4.79 Å². The van der Waals surface area contributed by atoms with Crippen LogP contribution in [0, 0.1) is 0 Å². The number of hydrogen-bond acceptors (Lipinski definition) is 6. The molecule has 1 atom stereocenters. The van der Waals surface area contributed by atoms with Crippen molar-refractivity contribution < 1.29 is 23.7 Å². The molecule has 3 rings (SSSR count). The van der Waals surface area contributed by atoms with Gasteiger partial charge in [0.15, 0.2) is 16.6 Å². The molecular weight excluding hydrogens is 416 g/mol. The van der Waals surface area contributed by atoms with Gasteiger partial charge in [0, 0.05) is 13.6 Å². The largest absolute Gasteiger partial charge is 0.493 e. The van der Waals surface area contributed by atoms with Gasteiger partial charge in [0.1, 0.15) is 12.4 Å². The number of methoxy groups -OCH3 is 2. The second-order valence-corrected chi connectivity index (χ2v) is 7.36. The van der Waals surface area contributed by atoms with E-state index >= 15 is 0 Å². The summed E-state index contributed by atoms with van der Waals surface area (Å²) in [6.07, 6.45) is 0.836. The lowest BCUT2D eigenvalue weighted by Crippen LogP contribution is -2.46. The van der Waals surface area contributed by atoms with E-state index in [-0.39, 0.29) is 12.0 Å². The van der Waals surface area contributed by atoms with E-state index in [9.17, 15) is 4.79 Å². The third kappa shape index (κ3) is 5.02. The molecule has 2 aromatic carbocycles. The van der Waals surface area contributed by atoms with Crippen LogP contribution in [0.15, 0.2) is 36.4 Å². The van der Waals surface area contributed by atoms with E-state index in [0.29, 0.717) is 41.1 Å². The summed E-state index contributed by atoms with van der Waals surface area (Å²) in [7, 11) is 5.08. The first kappa shape index (κ1) is 22.7. The van der Waals surface area contributed by atoms with Crippen LogP contribution in [0.3, 0.4) is 0 Å². The van der Waals surface area contributed by atoms with E-state index in [0.717, 1.165) is 18.5 Å². The first-order chi connectivity index (χ1) is 15.0. The molecule has 7 nitrogen and oxygen atoms in total. The summed E-state index contributed by atoms with van der Waals surface area (Å²) in [6, 6.07) is 10.9. The highest BCUT2D eigenvalue weighted by molar-refractivity contribution is 7.80. The van der Waals surface area contributed by atoms with Gasteiger partial charge < -0.3 is 29.2 Å². The van der Waals surface area contributed by atoms with E-state index in [1.165, 1.54) is 5.56 Å². The molecule has 1 aliphatic rings. The molecule has 0 aromatic heterocycles. The first-order valence-corrected chi connectivity index (χ1v) is 10.6. The predicted octanol–water partition coefficient (Wildman–Crippen LogP) is 3.36. The van der Waals surface area contributed by atoms with Crippen molar-refractivity contribution in [1.82, 2.24) is 10.2 Å². The van der Waals surface area contributed by atoms with Gasteiger partial charge in [-0.15, -0.1) is 0 Å². The monoisotopic (exact) mass is 444 g/mol. The minimum absolute atomic E-state index is 0.103. The molecule has 0 amide bonds. The lowest BCUT2D eigenvalue weighted by Gasteiger charge is -2.39. The topological polar surface area (TPSA) is 69.3 Å². The fraction of sp³-hybridized carbons (Fsp3) is 0.391. The molecule has 2 aromatic rings. The number of thiocarbonyl (C=S) groups is 1. The summed E-state index contributed by atoms with van der Waals surface area (Å²) in [5.74, 6) is 1.69. The van der Waals surface area contributed by atoms with Crippen LogP contribution < -0.4 is 19.5 Å². The summed E-state index contributed by atoms with van der Waals surface area (Å²) in [6.45, 7) is 3.26. The zero-order valence-corrected chi connectivity index (χ0v) is 19.1. The van der Waals surface area contributed by atoms with Crippen LogP contribution in [-0.2, 0) is 11.2 Å². The van der Waals surface area contributed by atoms with Gasteiger partial charge in [-0.3, -0.25) is 0 Å². The highest BCUT2D eigenvalue weighted by Crippen LogP contribution is 2.38. The van der Waals surface area contributed by atoms with Crippen LogP contribution in [0.5, 0.6) is 17.2 Å². The maximum Gasteiger partial charge on any atom is 0.338 e. The number of nitrogens with one attached hydrogen (secondary N) is 1. The Kier molecular flexibility index (Phi) is 7.57. The Morgan fingerprint density at radius 3 is 2.45 bits per heavy atom. The molecule has 166 valence electrons. The number of esters is 1. The predicted molar refractivity (Wildman–Crippen MR) is 122 cm³/mol. The molecule has 31 heavy (non-hydrogen) atoms. The number of benzene rings is 2. The van der Waals surface area contributed by atoms with Crippen molar-refractivity contribution in [3.8, 4) is 17.2 Å². The van der Waals surface area contributed by atoms with Crippen molar-refractivity contribution >= 4 is 23.3 Å². The van der Waals surface area contributed by atoms with Crippen molar-refractivity contribution in [2.45, 2.75) is 19.4 Å². The number of carbonyl (C=O) groups is 1. The average molecular weight is 445 g/mol. The maximum atomic E-state index is 11.8. The number of hydrogen-bond donors (Lipinski definition) is 1. The number of nitrogens with zero attached hydrogens (tertiary/aromatic N) is 1. The van der Waals surface area contributed by atoms with Crippen LogP contribution in [0.25, 0.3) is 0 Å². The van der Waals surface area contributed by atoms with E-state index in [4.69, 9.17) is 31.2 Å². The lowest BCUT2D eigenvalue weighted by atomic mass is 9.92. The van der Waals surface area contributed by atoms with Crippen molar-refractivity contribution in [3.05, 3.63) is 53.1 Å². The minimum atomic E-state index is -0.346. The third-order valence-electron chi connectivity index (χ3n) is 5.25. The van der Waals surface area contributed by atoms with Crippen LogP contribution in [-0.4, -0.2) is 57.0 Å². The fourth-order valence-electron chi connectivity index (χ4n) is 3.67. The van der Waals surface area contributed by atoms with Crippen LogP contribution >= 0.6 is 12.2 Å². The number of carbonyl (C=O) groups excluding carboxylic acids is 1. The molecule has 1 heterocycles. The Morgan fingerprint density at radius 2 is 1.84 bits per heavy atom. The Balaban J connectivity index is 1.84. The normalized spacial score (nSPS) is 15.0. The zero-order chi connectivity index (χ0) is 22.4. The van der Waals surface area contributed by atoms with E-state index in [1.54, 1.807) is 45.4 Å². The molecule has 0 radical (unpaired) electrons. The highest BCUT2D eigenvalue weighted by atomic mass is 32.1. The third-order valence-corrected chi connectivity index (χ3v) is 5.69. The van der Waals surface area contributed by atoms with E-state index < -0.39 is 0 Å². The second-order valence-electron chi connectivity index (χ2n) is 6.98. The highest BCUT2D eigenvalue weighted by Gasteiger charge is 2.31. The van der Waals surface area contributed by atoms with Gasteiger partial charge in [0.25, 0.3) is 0 Å². The summed E-state index contributed by atoms with van der Waals surface area (Å²) in [4.78, 5) is 14.0. The van der Waals surface area contributed by atoms with Crippen LogP contribution in [0.4, 0.5) is 0 Å². The van der Waals surface area contributed by atoms with Crippen molar-refractivity contribution in [2.75, 3.05) is 41.0 Å². The summed E-state index contributed by atoms with van der Waals surface area (Å²) < 4.78 is 22.1. The van der Waals surface area contributed by atoms with Crippen molar-refractivity contribution in [2.24, 2.45) is 0 Å². The van der Waals surface area contributed by atoms with Gasteiger partial charge in [-0.05, 0) is 73.1 Å². The van der Waals surface area contributed by atoms with Gasteiger partial charge in [0.05, 0.1) is 32.4 Å². The average Bonchev–Trinajstić information content (AvgIpc) is 2.81. The zero-order valence-electron chi connectivity index (χ0n) is 18.3. The molecule has 0 aliphatic carbocycles. The quantitative estimate of drug-likeness (QED) is 0.515. The summed E-state index contributed by atoms with van der Waals surface area (Å²) in [5, 5.41) is 3.73. The van der Waals surface area contributed by atoms with Crippen LogP contribution in [0.1, 0.15) is 34.5 Å². The molecule has 1 unspecified atom stereocenters. The molecule has 0 spiro atoms.